The minimum absolute atomic E-state index is 0.137. The van der Waals surface area contributed by atoms with E-state index in [1.165, 1.54) is 11.8 Å². The normalized spacial score (nSPS) is 11.5. The van der Waals surface area contributed by atoms with Crippen LogP contribution in [0, 0.1) is 5.92 Å². The zero-order chi connectivity index (χ0) is 20.0. The van der Waals surface area contributed by atoms with Gasteiger partial charge in [-0.25, -0.2) is 4.68 Å². The van der Waals surface area contributed by atoms with E-state index in [9.17, 15) is 9.59 Å². The topological polar surface area (TPSA) is 102 Å². The van der Waals surface area contributed by atoms with Crippen molar-refractivity contribution in [2.45, 2.75) is 45.3 Å². The van der Waals surface area contributed by atoms with Crippen LogP contribution in [0.2, 0.25) is 0 Å². The van der Waals surface area contributed by atoms with Crippen molar-refractivity contribution in [1.82, 2.24) is 25.5 Å². The van der Waals surface area contributed by atoms with Gasteiger partial charge in [0.15, 0.2) is 0 Å². The van der Waals surface area contributed by atoms with Crippen molar-refractivity contribution in [2.24, 2.45) is 5.92 Å². The summed E-state index contributed by atoms with van der Waals surface area (Å²) in [4.78, 5) is 24.7. The molecule has 2 rings (SSSR count). The van der Waals surface area contributed by atoms with Crippen LogP contribution in [0.15, 0.2) is 29.4 Å². The Morgan fingerprint density at radius 1 is 1.22 bits per heavy atom. The third-order valence-electron chi connectivity index (χ3n) is 3.53. The number of benzene rings is 1. The van der Waals surface area contributed by atoms with Gasteiger partial charge in [0.1, 0.15) is 0 Å². The molecule has 9 heteroatoms. The van der Waals surface area contributed by atoms with Crippen LogP contribution < -0.4 is 10.6 Å². The van der Waals surface area contributed by atoms with Crippen molar-refractivity contribution in [1.29, 1.82) is 0 Å². The van der Waals surface area contributed by atoms with Gasteiger partial charge in [-0.2, -0.15) is 0 Å². The van der Waals surface area contributed by atoms with Crippen molar-refractivity contribution in [3.63, 3.8) is 0 Å². The Labute approximate surface area is 163 Å². The summed E-state index contributed by atoms with van der Waals surface area (Å²) in [6.07, 6.45) is 0. The van der Waals surface area contributed by atoms with Gasteiger partial charge in [-0.1, -0.05) is 37.7 Å². The van der Waals surface area contributed by atoms with E-state index in [4.69, 9.17) is 0 Å². The highest BCUT2D eigenvalue weighted by atomic mass is 32.2. The molecule has 0 saturated heterocycles. The molecular formula is C18H26N6O2S. The summed E-state index contributed by atoms with van der Waals surface area (Å²) in [5, 5.41) is 17.9. The number of nitrogens with one attached hydrogen (secondary N) is 2. The largest absolute Gasteiger partial charge is 0.352 e. The molecule has 0 fully saturated rings. The maximum atomic E-state index is 12.4. The third-order valence-corrected chi connectivity index (χ3v) is 4.44. The number of carbonyl (C=O) groups excluding carboxylic acids is 2. The number of para-hydroxylation sites is 1. The number of hydrogen-bond donors (Lipinski definition) is 2. The first kappa shape index (κ1) is 20.9. The third kappa shape index (κ3) is 6.06. The second-order valence-corrected chi connectivity index (χ2v) is 8.47. The Balaban J connectivity index is 2.00. The van der Waals surface area contributed by atoms with Crippen molar-refractivity contribution in [2.75, 3.05) is 17.6 Å². The molecule has 0 atom stereocenters. The van der Waals surface area contributed by atoms with Gasteiger partial charge >= 0.3 is 0 Å². The van der Waals surface area contributed by atoms with Crippen molar-refractivity contribution in [3.8, 4) is 0 Å². The first-order valence-electron chi connectivity index (χ1n) is 8.77. The molecule has 0 bridgehead atoms. The summed E-state index contributed by atoms with van der Waals surface area (Å²) in [6, 6.07) is 6.96. The van der Waals surface area contributed by atoms with Crippen LogP contribution >= 0.6 is 11.8 Å². The monoisotopic (exact) mass is 390 g/mol. The standard InChI is InChI=1S/C18H26N6O2S/c1-12(2)10-19-16(26)13-8-6-7-9-14(13)20-15(25)11-27-17-21-22-23-24(17)18(3,4)5/h6-9,12H,10-11H2,1-5H3,(H,19,26)(H,20,25). The predicted octanol–water partition coefficient (Wildman–Crippen LogP) is 2.54. The molecule has 0 aliphatic rings. The molecule has 0 unspecified atom stereocenters. The summed E-state index contributed by atoms with van der Waals surface area (Å²) in [6.45, 7) is 10.6. The van der Waals surface area contributed by atoms with Crippen LogP contribution in [0.1, 0.15) is 45.0 Å². The van der Waals surface area contributed by atoms with Gasteiger partial charge in [-0.15, -0.1) is 5.10 Å². The predicted molar refractivity (Wildman–Crippen MR) is 106 cm³/mol. The molecule has 0 radical (unpaired) electrons. The number of carbonyl (C=O) groups is 2. The van der Waals surface area contributed by atoms with E-state index in [0.29, 0.717) is 28.9 Å². The van der Waals surface area contributed by atoms with Crippen LogP contribution in [-0.4, -0.2) is 44.3 Å². The minimum atomic E-state index is -0.274. The molecule has 1 heterocycles. The Kier molecular flexibility index (Phi) is 6.95. The molecule has 1 aromatic carbocycles. The molecule has 8 nitrogen and oxygen atoms in total. The molecule has 2 aromatic rings. The maximum Gasteiger partial charge on any atom is 0.253 e. The van der Waals surface area contributed by atoms with Gasteiger partial charge in [-0.3, -0.25) is 9.59 Å². The van der Waals surface area contributed by atoms with Gasteiger partial charge < -0.3 is 10.6 Å². The van der Waals surface area contributed by atoms with E-state index in [1.54, 1.807) is 28.9 Å². The zero-order valence-corrected chi connectivity index (χ0v) is 17.1. The number of aromatic nitrogens is 4. The molecule has 1 aromatic heterocycles. The quantitative estimate of drug-likeness (QED) is 0.705. The van der Waals surface area contributed by atoms with Crippen LogP contribution in [0.5, 0.6) is 0 Å². The Hall–Kier alpha value is -2.42. The lowest BCUT2D eigenvalue weighted by atomic mass is 10.1. The molecule has 0 spiro atoms. The second kappa shape index (κ2) is 8.98. The molecule has 0 aliphatic carbocycles. The summed E-state index contributed by atoms with van der Waals surface area (Å²) in [5.41, 5.74) is 0.652. The average molecular weight is 391 g/mol. The Morgan fingerprint density at radius 3 is 2.59 bits per heavy atom. The van der Waals surface area contributed by atoms with E-state index < -0.39 is 0 Å². The molecular weight excluding hydrogens is 364 g/mol. The molecule has 27 heavy (non-hydrogen) atoms. The number of nitrogens with zero attached hydrogens (tertiary/aromatic N) is 4. The van der Waals surface area contributed by atoms with Gasteiger partial charge in [0.25, 0.3) is 5.91 Å². The van der Waals surface area contributed by atoms with Crippen LogP contribution in [0.3, 0.4) is 0 Å². The molecule has 146 valence electrons. The van der Waals surface area contributed by atoms with Crippen LogP contribution in [0.25, 0.3) is 0 Å². The number of amides is 2. The van der Waals surface area contributed by atoms with E-state index in [-0.39, 0.29) is 23.1 Å². The van der Waals surface area contributed by atoms with Gasteiger partial charge in [-0.05, 0) is 49.2 Å². The van der Waals surface area contributed by atoms with Crippen LogP contribution in [-0.2, 0) is 10.3 Å². The van der Waals surface area contributed by atoms with E-state index >= 15 is 0 Å². The summed E-state index contributed by atoms with van der Waals surface area (Å²) >= 11 is 1.25. The zero-order valence-electron chi connectivity index (χ0n) is 16.3. The summed E-state index contributed by atoms with van der Waals surface area (Å²) in [7, 11) is 0. The lowest BCUT2D eigenvalue weighted by Crippen LogP contribution is -2.28. The van der Waals surface area contributed by atoms with Crippen molar-refractivity contribution in [3.05, 3.63) is 29.8 Å². The smallest absolute Gasteiger partial charge is 0.253 e. The molecule has 2 N–H and O–H groups in total. The van der Waals surface area contributed by atoms with Crippen LogP contribution in [0.4, 0.5) is 5.69 Å². The Bertz CT molecular complexity index is 797. The van der Waals surface area contributed by atoms with Gasteiger partial charge in [0, 0.05) is 6.54 Å². The fourth-order valence-corrected chi connectivity index (χ4v) is 3.05. The highest BCUT2D eigenvalue weighted by Crippen LogP contribution is 2.22. The lowest BCUT2D eigenvalue weighted by Gasteiger charge is -2.19. The highest BCUT2D eigenvalue weighted by Gasteiger charge is 2.21. The van der Waals surface area contributed by atoms with Crippen molar-refractivity contribution < 1.29 is 9.59 Å². The fourth-order valence-electron chi connectivity index (χ4n) is 2.19. The molecule has 0 saturated carbocycles. The molecule has 0 aliphatic heterocycles. The summed E-state index contributed by atoms with van der Waals surface area (Å²) in [5.74, 6) is 0.0515. The number of rotatable bonds is 7. The van der Waals surface area contributed by atoms with Crippen molar-refractivity contribution >= 4 is 29.3 Å². The number of tetrazole rings is 1. The lowest BCUT2D eigenvalue weighted by molar-refractivity contribution is -0.113. The van der Waals surface area contributed by atoms with E-state index in [2.05, 4.69) is 26.2 Å². The number of anilines is 1. The highest BCUT2D eigenvalue weighted by molar-refractivity contribution is 7.99. The second-order valence-electron chi connectivity index (χ2n) is 7.53. The first-order chi connectivity index (χ1) is 12.7. The number of hydrogen-bond acceptors (Lipinski definition) is 6. The maximum absolute atomic E-state index is 12.4. The Morgan fingerprint density at radius 2 is 1.93 bits per heavy atom. The van der Waals surface area contributed by atoms with Gasteiger partial charge in [0.05, 0.1) is 22.5 Å². The minimum Gasteiger partial charge on any atom is -0.352 e. The fraction of sp³-hybridized carbons (Fsp3) is 0.500. The number of thioether (sulfide) groups is 1. The first-order valence-corrected chi connectivity index (χ1v) is 9.75. The van der Waals surface area contributed by atoms with Gasteiger partial charge in [0.2, 0.25) is 11.1 Å². The average Bonchev–Trinajstić information content (AvgIpc) is 3.07. The van der Waals surface area contributed by atoms with E-state index in [1.807, 2.05) is 34.6 Å². The molecule has 2 amide bonds. The SMILES string of the molecule is CC(C)CNC(=O)c1ccccc1NC(=O)CSc1nnnn1C(C)(C)C. The summed E-state index contributed by atoms with van der Waals surface area (Å²) < 4.78 is 1.68. The van der Waals surface area contributed by atoms with E-state index in [0.717, 1.165) is 0 Å².